The van der Waals surface area contributed by atoms with E-state index in [4.69, 9.17) is 5.73 Å². The number of hydrogen-bond donors (Lipinski definition) is 1. The Morgan fingerprint density at radius 1 is 1.47 bits per heavy atom. The predicted molar refractivity (Wildman–Crippen MR) is 75.5 cm³/mol. The summed E-state index contributed by atoms with van der Waals surface area (Å²) in [5.74, 6) is 0.559. The fourth-order valence-electron chi connectivity index (χ4n) is 2.76. The van der Waals surface area contributed by atoms with Crippen LogP contribution in [-0.4, -0.2) is 39.1 Å². The van der Waals surface area contributed by atoms with Crippen molar-refractivity contribution in [3.8, 4) is 11.3 Å². The van der Waals surface area contributed by atoms with Gasteiger partial charge in [0.2, 0.25) is 0 Å². The SMILES string of the molecule is CN1CCCC1Cn1cncc1-c1cccnc1N. The Labute approximate surface area is 113 Å². The first kappa shape index (κ1) is 12.2. The van der Waals surface area contributed by atoms with Gasteiger partial charge < -0.3 is 15.2 Å². The van der Waals surface area contributed by atoms with Crippen molar-refractivity contribution in [3.05, 3.63) is 30.9 Å². The van der Waals surface area contributed by atoms with E-state index in [2.05, 4.69) is 26.5 Å². The van der Waals surface area contributed by atoms with Crippen LogP contribution < -0.4 is 5.73 Å². The van der Waals surface area contributed by atoms with Gasteiger partial charge >= 0.3 is 0 Å². The summed E-state index contributed by atoms with van der Waals surface area (Å²) in [6, 6.07) is 4.49. The van der Waals surface area contributed by atoms with Crippen LogP contribution in [0.2, 0.25) is 0 Å². The maximum Gasteiger partial charge on any atom is 0.132 e. The minimum Gasteiger partial charge on any atom is -0.383 e. The quantitative estimate of drug-likeness (QED) is 0.907. The molecule has 19 heavy (non-hydrogen) atoms. The van der Waals surface area contributed by atoms with E-state index in [0.29, 0.717) is 11.9 Å². The van der Waals surface area contributed by atoms with Crippen LogP contribution in [0.25, 0.3) is 11.3 Å². The number of nitrogens with two attached hydrogens (primary N) is 1. The van der Waals surface area contributed by atoms with Gasteiger partial charge in [-0.1, -0.05) is 0 Å². The molecule has 1 aliphatic heterocycles. The van der Waals surface area contributed by atoms with E-state index in [1.54, 1.807) is 6.20 Å². The second kappa shape index (κ2) is 5.01. The van der Waals surface area contributed by atoms with Crippen molar-refractivity contribution in [2.45, 2.75) is 25.4 Å². The van der Waals surface area contributed by atoms with Crippen LogP contribution in [0, 0.1) is 0 Å². The van der Waals surface area contributed by atoms with Crippen molar-refractivity contribution >= 4 is 5.82 Å². The third-order valence-corrected chi connectivity index (χ3v) is 3.91. The van der Waals surface area contributed by atoms with Crippen LogP contribution in [0.5, 0.6) is 0 Å². The van der Waals surface area contributed by atoms with Gasteiger partial charge in [0.25, 0.3) is 0 Å². The van der Waals surface area contributed by atoms with E-state index in [-0.39, 0.29) is 0 Å². The molecular formula is C14H19N5. The first-order chi connectivity index (χ1) is 9.25. The number of aromatic nitrogens is 3. The van der Waals surface area contributed by atoms with Gasteiger partial charge in [0.1, 0.15) is 5.82 Å². The molecule has 3 heterocycles. The maximum absolute atomic E-state index is 5.95. The fraction of sp³-hybridized carbons (Fsp3) is 0.429. The second-order valence-corrected chi connectivity index (χ2v) is 5.14. The summed E-state index contributed by atoms with van der Waals surface area (Å²) < 4.78 is 2.18. The largest absolute Gasteiger partial charge is 0.383 e. The number of likely N-dealkylation sites (N-methyl/N-ethyl adjacent to an activating group) is 1. The highest BCUT2D eigenvalue weighted by molar-refractivity contribution is 5.70. The Morgan fingerprint density at radius 2 is 2.37 bits per heavy atom. The number of anilines is 1. The number of nitrogen functional groups attached to an aromatic ring is 1. The summed E-state index contributed by atoms with van der Waals surface area (Å²) in [5, 5.41) is 0. The minimum absolute atomic E-state index is 0.559. The van der Waals surface area contributed by atoms with Crippen molar-refractivity contribution in [1.29, 1.82) is 0 Å². The normalized spacial score (nSPS) is 19.9. The number of imidazole rings is 1. The molecule has 1 atom stereocenters. The zero-order valence-electron chi connectivity index (χ0n) is 11.2. The molecule has 1 aliphatic rings. The summed E-state index contributed by atoms with van der Waals surface area (Å²) in [7, 11) is 2.19. The molecule has 0 radical (unpaired) electrons. The van der Waals surface area contributed by atoms with Crippen molar-refractivity contribution in [1.82, 2.24) is 19.4 Å². The van der Waals surface area contributed by atoms with E-state index in [1.807, 2.05) is 24.7 Å². The molecule has 0 aromatic carbocycles. The van der Waals surface area contributed by atoms with E-state index in [9.17, 15) is 0 Å². The van der Waals surface area contributed by atoms with Gasteiger partial charge in [0, 0.05) is 24.3 Å². The lowest BCUT2D eigenvalue weighted by molar-refractivity contribution is 0.283. The lowest BCUT2D eigenvalue weighted by Gasteiger charge is -2.21. The highest BCUT2D eigenvalue weighted by atomic mass is 15.2. The van der Waals surface area contributed by atoms with E-state index < -0.39 is 0 Å². The van der Waals surface area contributed by atoms with Gasteiger partial charge in [0.15, 0.2) is 0 Å². The molecule has 100 valence electrons. The summed E-state index contributed by atoms with van der Waals surface area (Å²) in [5.41, 5.74) is 7.96. The van der Waals surface area contributed by atoms with Crippen LogP contribution in [-0.2, 0) is 6.54 Å². The number of pyridine rings is 1. The Hall–Kier alpha value is -1.88. The van der Waals surface area contributed by atoms with Crippen LogP contribution in [0.15, 0.2) is 30.9 Å². The molecule has 2 N–H and O–H groups in total. The van der Waals surface area contributed by atoms with Gasteiger partial charge in [-0.15, -0.1) is 0 Å². The lowest BCUT2D eigenvalue weighted by Crippen LogP contribution is -2.29. The molecule has 1 saturated heterocycles. The standard InChI is InChI=1S/C14H19N5/c1-18-7-3-4-11(18)9-19-10-16-8-13(19)12-5-2-6-17-14(12)15/h2,5-6,8,10-11H,3-4,7,9H2,1H3,(H2,15,17). The van der Waals surface area contributed by atoms with Gasteiger partial charge in [-0.2, -0.15) is 0 Å². The van der Waals surface area contributed by atoms with Gasteiger partial charge in [0.05, 0.1) is 18.2 Å². The van der Waals surface area contributed by atoms with E-state index >= 15 is 0 Å². The Balaban J connectivity index is 1.88. The fourth-order valence-corrected chi connectivity index (χ4v) is 2.76. The smallest absolute Gasteiger partial charge is 0.132 e. The van der Waals surface area contributed by atoms with Crippen molar-refractivity contribution in [3.63, 3.8) is 0 Å². The minimum atomic E-state index is 0.559. The van der Waals surface area contributed by atoms with Crippen LogP contribution in [0.1, 0.15) is 12.8 Å². The summed E-state index contributed by atoms with van der Waals surface area (Å²) >= 11 is 0. The second-order valence-electron chi connectivity index (χ2n) is 5.14. The average Bonchev–Trinajstić information content (AvgIpc) is 3.01. The molecule has 0 amide bonds. The zero-order valence-corrected chi connectivity index (χ0v) is 11.2. The number of rotatable bonds is 3. The molecule has 2 aromatic rings. The zero-order chi connectivity index (χ0) is 13.2. The molecule has 3 rings (SSSR count). The highest BCUT2D eigenvalue weighted by Gasteiger charge is 2.22. The van der Waals surface area contributed by atoms with Crippen molar-refractivity contribution in [2.24, 2.45) is 0 Å². The molecule has 1 unspecified atom stereocenters. The Morgan fingerprint density at radius 3 is 3.11 bits per heavy atom. The summed E-state index contributed by atoms with van der Waals surface area (Å²) in [4.78, 5) is 10.8. The van der Waals surface area contributed by atoms with Gasteiger partial charge in [-0.05, 0) is 38.6 Å². The molecular weight excluding hydrogens is 238 g/mol. The lowest BCUT2D eigenvalue weighted by atomic mass is 10.1. The summed E-state index contributed by atoms with van der Waals surface area (Å²) in [6.45, 7) is 2.14. The van der Waals surface area contributed by atoms with Gasteiger partial charge in [-0.25, -0.2) is 9.97 Å². The third kappa shape index (κ3) is 2.33. The average molecular weight is 257 g/mol. The predicted octanol–water partition coefficient (Wildman–Crippen LogP) is 1.62. The Bertz CT molecular complexity index is 562. The molecule has 1 fully saturated rings. The molecule has 0 spiro atoms. The molecule has 0 bridgehead atoms. The first-order valence-corrected chi connectivity index (χ1v) is 6.67. The topological polar surface area (TPSA) is 60.0 Å². The van der Waals surface area contributed by atoms with Crippen LogP contribution >= 0.6 is 0 Å². The van der Waals surface area contributed by atoms with Crippen LogP contribution in [0.3, 0.4) is 0 Å². The monoisotopic (exact) mass is 257 g/mol. The van der Waals surface area contributed by atoms with Crippen molar-refractivity contribution < 1.29 is 0 Å². The number of hydrogen-bond acceptors (Lipinski definition) is 4. The van der Waals surface area contributed by atoms with Crippen LogP contribution in [0.4, 0.5) is 5.82 Å². The van der Waals surface area contributed by atoms with E-state index in [0.717, 1.165) is 17.8 Å². The van der Waals surface area contributed by atoms with E-state index in [1.165, 1.54) is 19.4 Å². The molecule has 5 nitrogen and oxygen atoms in total. The number of nitrogens with zero attached hydrogens (tertiary/aromatic N) is 4. The van der Waals surface area contributed by atoms with Gasteiger partial charge in [-0.3, -0.25) is 0 Å². The maximum atomic E-state index is 5.95. The molecule has 0 saturated carbocycles. The first-order valence-electron chi connectivity index (χ1n) is 6.67. The highest BCUT2D eigenvalue weighted by Crippen LogP contribution is 2.25. The summed E-state index contributed by atoms with van der Waals surface area (Å²) in [6.07, 6.45) is 7.98. The molecule has 0 aliphatic carbocycles. The van der Waals surface area contributed by atoms with Crippen molar-refractivity contribution in [2.75, 3.05) is 19.3 Å². The Kier molecular flexibility index (Phi) is 3.21. The molecule has 5 heteroatoms. The molecule has 2 aromatic heterocycles. The third-order valence-electron chi connectivity index (χ3n) is 3.91. The number of likely N-dealkylation sites (tertiary alicyclic amines) is 1.